The fraction of sp³-hybridized carbons (Fsp3) is 0.273. The second-order valence-corrected chi connectivity index (χ2v) is 4.33. The number of aliphatic imine (C=N–C) groups is 1. The molecule has 0 saturated heterocycles. The number of aryl methyl sites for hydroxylation is 1. The number of fused-ring (bicyclic) bond motifs is 1. The number of quaternary nitrogens is 1. The van der Waals surface area contributed by atoms with Gasteiger partial charge < -0.3 is 0 Å². The van der Waals surface area contributed by atoms with E-state index in [1.807, 2.05) is 29.9 Å². The van der Waals surface area contributed by atoms with Crippen LogP contribution in [0.2, 0.25) is 5.02 Å². The van der Waals surface area contributed by atoms with Crippen LogP contribution in [0.15, 0.2) is 23.2 Å². The van der Waals surface area contributed by atoms with Gasteiger partial charge in [-0.1, -0.05) is 11.6 Å². The predicted octanol–water partition coefficient (Wildman–Crippen LogP) is 0.550. The lowest BCUT2D eigenvalue weighted by Gasteiger charge is -1.94. The smallest absolute Gasteiger partial charge is 0.248 e. The quantitative estimate of drug-likeness (QED) is 0.771. The number of halogens is 1. The fourth-order valence-electron chi connectivity index (χ4n) is 2.05. The van der Waals surface area contributed by atoms with Crippen molar-refractivity contribution in [3.8, 4) is 0 Å². The Morgan fingerprint density at radius 3 is 3.06 bits per heavy atom. The highest BCUT2D eigenvalue weighted by Crippen LogP contribution is 2.22. The van der Waals surface area contributed by atoms with Crippen LogP contribution in [0.5, 0.6) is 0 Å². The molecular formula is C11H12ClN4+. The molecule has 0 saturated carbocycles. The third kappa shape index (κ3) is 1.42. The predicted molar refractivity (Wildman–Crippen MR) is 63.9 cm³/mol. The Hall–Kier alpha value is -1.39. The maximum Gasteiger partial charge on any atom is 0.248 e. The minimum absolute atomic E-state index is 0.736. The molecule has 0 spiro atoms. The summed E-state index contributed by atoms with van der Waals surface area (Å²) in [5.41, 5.74) is 2.03. The molecule has 0 aliphatic carbocycles. The summed E-state index contributed by atoms with van der Waals surface area (Å²) in [6, 6.07) is 5.83. The lowest BCUT2D eigenvalue weighted by molar-refractivity contribution is -0.526. The van der Waals surface area contributed by atoms with Crippen molar-refractivity contribution in [3.05, 3.63) is 28.9 Å². The Balaban J connectivity index is 2.28. The second kappa shape index (κ2) is 3.57. The van der Waals surface area contributed by atoms with Crippen LogP contribution >= 0.6 is 11.6 Å². The number of aromatic nitrogens is 2. The summed E-state index contributed by atoms with van der Waals surface area (Å²) in [6.07, 6.45) is 0. The summed E-state index contributed by atoms with van der Waals surface area (Å²) < 4.78 is 1.87. The molecule has 2 aromatic rings. The van der Waals surface area contributed by atoms with Crippen LogP contribution in [0.1, 0.15) is 5.69 Å². The Kier molecular flexibility index (Phi) is 2.19. The van der Waals surface area contributed by atoms with E-state index in [0.29, 0.717) is 0 Å². The van der Waals surface area contributed by atoms with Gasteiger partial charge in [-0.2, -0.15) is 5.10 Å². The molecule has 0 fully saturated rings. The summed E-state index contributed by atoms with van der Waals surface area (Å²) in [4.78, 5) is 4.44. The highest BCUT2D eigenvalue weighted by Gasteiger charge is 2.20. The molecule has 1 aromatic heterocycles. The summed E-state index contributed by atoms with van der Waals surface area (Å²) in [5.74, 6) is 0.993. The molecule has 1 aliphatic rings. The summed E-state index contributed by atoms with van der Waals surface area (Å²) in [7, 11) is 1.94. The largest absolute Gasteiger partial charge is 0.294 e. The van der Waals surface area contributed by atoms with Gasteiger partial charge in [0, 0.05) is 17.5 Å². The van der Waals surface area contributed by atoms with Crippen LogP contribution in [0.4, 0.5) is 0 Å². The van der Waals surface area contributed by atoms with Crippen molar-refractivity contribution in [1.82, 2.24) is 9.78 Å². The van der Waals surface area contributed by atoms with Gasteiger partial charge in [-0.05, 0) is 18.2 Å². The average Bonchev–Trinajstić information content (AvgIpc) is 2.86. The topological polar surface area (TPSA) is 46.8 Å². The zero-order chi connectivity index (χ0) is 11.1. The summed E-state index contributed by atoms with van der Waals surface area (Å²) in [5, 5.41) is 8.45. The number of hydrogen-bond acceptors (Lipinski definition) is 2. The van der Waals surface area contributed by atoms with Crippen molar-refractivity contribution < 1.29 is 5.32 Å². The van der Waals surface area contributed by atoms with Crippen molar-refractivity contribution in [2.45, 2.75) is 0 Å². The van der Waals surface area contributed by atoms with Gasteiger partial charge in [-0.25, -0.2) is 4.99 Å². The first-order valence-electron chi connectivity index (χ1n) is 5.26. The van der Waals surface area contributed by atoms with Gasteiger partial charge in [-0.15, -0.1) is 0 Å². The van der Waals surface area contributed by atoms with Crippen LogP contribution in [-0.4, -0.2) is 28.7 Å². The van der Waals surface area contributed by atoms with E-state index in [-0.39, 0.29) is 0 Å². The maximum absolute atomic E-state index is 6.02. The van der Waals surface area contributed by atoms with Gasteiger partial charge in [0.1, 0.15) is 6.54 Å². The Labute approximate surface area is 97.9 Å². The molecule has 0 radical (unpaired) electrons. The van der Waals surface area contributed by atoms with Gasteiger partial charge in [0.05, 0.1) is 12.1 Å². The first-order valence-corrected chi connectivity index (χ1v) is 5.64. The van der Waals surface area contributed by atoms with Crippen molar-refractivity contribution in [2.75, 3.05) is 13.1 Å². The molecule has 0 amide bonds. The lowest BCUT2D eigenvalue weighted by Crippen LogP contribution is -2.86. The van der Waals surface area contributed by atoms with Crippen LogP contribution in [0, 0.1) is 0 Å². The third-order valence-electron chi connectivity index (χ3n) is 2.80. The molecule has 2 heterocycles. The van der Waals surface area contributed by atoms with E-state index in [1.54, 1.807) is 0 Å². The van der Waals surface area contributed by atoms with E-state index in [4.69, 9.17) is 11.6 Å². The van der Waals surface area contributed by atoms with Gasteiger partial charge in [-0.3, -0.25) is 10.00 Å². The molecule has 1 aliphatic heterocycles. The summed E-state index contributed by atoms with van der Waals surface area (Å²) >= 11 is 6.02. The van der Waals surface area contributed by atoms with Crippen LogP contribution in [0.25, 0.3) is 10.9 Å². The molecule has 82 valence electrons. The molecule has 0 atom stereocenters. The van der Waals surface area contributed by atoms with Crippen LogP contribution in [-0.2, 0) is 7.05 Å². The van der Waals surface area contributed by atoms with E-state index in [0.717, 1.165) is 40.5 Å². The number of amidine groups is 1. The summed E-state index contributed by atoms with van der Waals surface area (Å²) in [6.45, 7) is 1.88. The standard InChI is InChI=1S/C11H11ClN4/c1-16-9-3-2-7(12)6-8(9)10(15-16)11-13-4-5-14-11/h2-3,6H,4-5H2,1H3,(H,13,14)/p+1. The zero-order valence-electron chi connectivity index (χ0n) is 8.94. The number of rotatable bonds is 1. The molecular weight excluding hydrogens is 224 g/mol. The molecule has 5 heteroatoms. The normalized spacial score (nSPS) is 15.8. The first kappa shape index (κ1) is 9.81. The van der Waals surface area contributed by atoms with Gasteiger partial charge in [0.25, 0.3) is 0 Å². The minimum Gasteiger partial charge on any atom is -0.294 e. The minimum atomic E-state index is 0.736. The van der Waals surface area contributed by atoms with E-state index in [1.165, 1.54) is 0 Å². The first-order chi connectivity index (χ1) is 7.75. The van der Waals surface area contributed by atoms with Gasteiger partial charge in [0.2, 0.25) is 5.84 Å². The monoisotopic (exact) mass is 235 g/mol. The molecule has 2 N–H and O–H groups in total. The second-order valence-electron chi connectivity index (χ2n) is 3.89. The Morgan fingerprint density at radius 2 is 2.31 bits per heavy atom. The van der Waals surface area contributed by atoms with Gasteiger partial charge in [0.15, 0.2) is 5.69 Å². The van der Waals surface area contributed by atoms with Crippen molar-refractivity contribution in [3.63, 3.8) is 0 Å². The maximum atomic E-state index is 6.02. The molecule has 0 unspecified atom stereocenters. The van der Waals surface area contributed by atoms with Crippen molar-refractivity contribution >= 4 is 28.3 Å². The Bertz CT molecular complexity index is 585. The number of benzene rings is 1. The highest BCUT2D eigenvalue weighted by molar-refractivity contribution is 6.31. The van der Waals surface area contributed by atoms with E-state index >= 15 is 0 Å². The molecule has 4 nitrogen and oxygen atoms in total. The van der Waals surface area contributed by atoms with Gasteiger partial charge >= 0.3 is 0 Å². The molecule has 16 heavy (non-hydrogen) atoms. The number of nitrogens with zero attached hydrogens (tertiary/aromatic N) is 3. The highest BCUT2D eigenvalue weighted by atomic mass is 35.5. The third-order valence-corrected chi connectivity index (χ3v) is 3.04. The molecule has 1 aromatic carbocycles. The number of hydrogen-bond donors (Lipinski definition) is 1. The fourth-order valence-corrected chi connectivity index (χ4v) is 2.22. The zero-order valence-corrected chi connectivity index (χ0v) is 9.70. The average molecular weight is 236 g/mol. The SMILES string of the molecule is Cn1nc(C2=NCC[NH2+]2)c2cc(Cl)ccc21. The van der Waals surface area contributed by atoms with E-state index in [2.05, 4.69) is 15.4 Å². The van der Waals surface area contributed by atoms with E-state index in [9.17, 15) is 0 Å². The van der Waals surface area contributed by atoms with Crippen molar-refractivity contribution in [1.29, 1.82) is 0 Å². The lowest BCUT2D eigenvalue weighted by atomic mass is 10.2. The van der Waals surface area contributed by atoms with Crippen LogP contribution < -0.4 is 5.32 Å². The van der Waals surface area contributed by atoms with Crippen LogP contribution in [0.3, 0.4) is 0 Å². The Morgan fingerprint density at radius 1 is 1.44 bits per heavy atom. The van der Waals surface area contributed by atoms with Crippen molar-refractivity contribution in [2.24, 2.45) is 12.0 Å². The molecule has 3 rings (SSSR count). The van der Waals surface area contributed by atoms with E-state index < -0.39 is 0 Å². The molecule has 0 bridgehead atoms. The number of nitrogens with two attached hydrogens (primary N) is 1.